The summed E-state index contributed by atoms with van der Waals surface area (Å²) in [6.07, 6.45) is 1.64. The van der Waals surface area contributed by atoms with E-state index in [2.05, 4.69) is 20.7 Å². The number of thiocarbonyl (C=S) groups is 1. The molecule has 0 radical (unpaired) electrons. The summed E-state index contributed by atoms with van der Waals surface area (Å²) in [5, 5.41) is 12.2. The first-order valence-electron chi connectivity index (χ1n) is 7.48. The molecule has 0 bridgehead atoms. The summed E-state index contributed by atoms with van der Waals surface area (Å²) in [5.41, 5.74) is 2.80. The van der Waals surface area contributed by atoms with Crippen molar-refractivity contribution < 1.29 is 0 Å². The van der Waals surface area contributed by atoms with Gasteiger partial charge in [-0.05, 0) is 54.5 Å². The van der Waals surface area contributed by atoms with Gasteiger partial charge in [-0.3, -0.25) is 5.32 Å². The van der Waals surface area contributed by atoms with E-state index < -0.39 is 0 Å². The van der Waals surface area contributed by atoms with Crippen molar-refractivity contribution in [2.75, 3.05) is 10.6 Å². The Balaban J connectivity index is 1.63. The lowest BCUT2D eigenvalue weighted by Gasteiger charge is -2.11. The van der Waals surface area contributed by atoms with Crippen LogP contribution in [-0.2, 0) is 6.54 Å². The number of aromatic nitrogens is 3. The zero-order valence-corrected chi connectivity index (χ0v) is 15.7. The molecule has 0 amide bonds. The Labute approximate surface area is 161 Å². The van der Waals surface area contributed by atoms with Crippen LogP contribution >= 0.6 is 35.4 Å². The maximum absolute atomic E-state index is 6.11. The highest BCUT2D eigenvalue weighted by Crippen LogP contribution is 2.23. The van der Waals surface area contributed by atoms with Gasteiger partial charge in [-0.2, -0.15) is 0 Å². The van der Waals surface area contributed by atoms with E-state index in [0.717, 1.165) is 16.8 Å². The molecule has 0 saturated heterocycles. The van der Waals surface area contributed by atoms with Crippen molar-refractivity contribution in [1.82, 2.24) is 14.8 Å². The summed E-state index contributed by atoms with van der Waals surface area (Å²) in [6.45, 7) is 2.49. The van der Waals surface area contributed by atoms with Gasteiger partial charge < -0.3 is 5.32 Å². The summed E-state index contributed by atoms with van der Waals surface area (Å²) in [6, 6.07) is 13.2. The third kappa shape index (κ3) is 4.69. The molecule has 0 aliphatic carbocycles. The summed E-state index contributed by atoms with van der Waals surface area (Å²) in [4.78, 5) is 4.21. The number of hydrogen-bond acceptors (Lipinski definition) is 3. The number of benzene rings is 2. The number of nitrogens with one attached hydrogen (secondary N) is 2. The quantitative estimate of drug-likeness (QED) is 0.628. The number of anilines is 2. The van der Waals surface area contributed by atoms with Gasteiger partial charge in [0.15, 0.2) is 5.11 Å². The standard InChI is InChI=1S/C17H15Cl2N5S/c1-11-14(19)6-3-7-15(11)21-17(25)22-16-20-10-24(23-16)9-12-4-2-5-13(18)8-12/h2-8,10H,9H2,1H3,(H2,21,22,23,25). The van der Waals surface area contributed by atoms with Crippen molar-refractivity contribution in [3.05, 3.63) is 70.0 Å². The minimum atomic E-state index is 0.394. The minimum absolute atomic E-state index is 0.394. The van der Waals surface area contributed by atoms with Crippen molar-refractivity contribution in [2.24, 2.45) is 0 Å². The van der Waals surface area contributed by atoms with E-state index in [1.54, 1.807) is 11.0 Å². The summed E-state index contributed by atoms with van der Waals surface area (Å²) >= 11 is 17.4. The first kappa shape index (κ1) is 17.7. The van der Waals surface area contributed by atoms with Crippen LogP contribution in [0.4, 0.5) is 11.6 Å². The average molecular weight is 392 g/mol. The number of rotatable bonds is 4. The van der Waals surface area contributed by atoms with Crippen molar-refractivity contribution >= 4 is 52.2 Å². The highest BCUT2D eigenvalue weighted by Gasteiger charge is 2.07. The number of halogens is 2. The van der Waals surface area contributed by atoms with Crippen LogP contribution in [0.3, 0.4) is 0 Å². The Morgan fingerprint density at radius 1 is 1.16 bits per heavy atom. The van der Waals surface area contributed by atoms with Crippen LogP contribution in [0.15, 0.2) is 48.8 Å². The molecule has 0 fully saturated rings. The molecule has 8 heteroatoms. The molecular formula is C17H15Cl2N5S. The lowest BCUT2D eigenvalue weighted by atomic mass is 10.2. The highest BCUT2D eigenvalue weighted by molar-refractivity contribution is 7.80. The topological polar surface area (TPSA) is 54.8 Å². The molecule has 0 spiro atoms. The lowest BCUT2D eigenvalue weighted by Crippen LogP contribution is -2.20. The normalized spacial score (nSPS) is 10.5. The Hall–Kier alpha value is -2.15. The van der Waals surface area contributed by atoms with E-state index in [-0.39, 0.29) is 0 Å². The van der Waals surface area contributed by atoms with Crippen LogP contribution < -0.4 is 10.6 Å². The third-order valence-corrected chi connectivity index (χ3v) is 4.36. The van der Waals surface area contributed by atoms with Gasteiger partial charge in [-0.25, -0.2) is 9.67 Å². The molecule has 128 valence electrons. The maximum Gasteiger partial charge on any atom is 0.248 e. The Bertz CT molecular complexity index is 910. The second-order valence-electron chi connectivity index (χ2n) is 5.39. The first-order valence-corrected chi connectivity index (χ1v) is 8.65. The van der Waals surface area contributed by atoms with Gasteiger partial charge in [0.25, 0.3) is 0 Å². The zero-order chi connectivity index (χ0) is 17.8. The van der Waals surface area contributed by atoms with E-state index in [1.165, 1.54) is 0 Å². The fraction of sp³-hybridized carbons (Fsp3) is 0.118. The van der Waals surface area contributed by atoms with E-state index in [0.29, 0.717) is 27.7 Å². The zero-order valence-electron chi connectivity index (χ0n) is 13.3. The van der Waals surface area contributed by atoms with Crippen LogP contribution in [-0.4, -0.2) is 19.9 Å². The molecule has 0 aliphatic heterocycles. The second-order valence-corrected chi connectivity index (χ2v) is 6.64. The van der Waals surface area contributed by atoms with Crippen LogP contribution in [0.25, 0.3) is 0 Å². The molecular weight excluding hydrogens is 377 g/mol. The molecule has 3 aromatic rings. The molecule has 0 atom stereocenters. The fourth-order valence-corrected chi connectivity index (χ4v) is 2.84. The average Bonchev–Trinajstić information content (AvgIpc) is 2.98. The lowest BCUT2D eigenvalue weighted by molar-refractivity contribution is 0.687. The monoisotopic (exact) mass is 391 g/mol. The van der Waals surface area contributed by atoms with E-state index in [4.69, 9.17) is 35.4 Å². The molecule has 25 heavy (non-hydrogen) atoms. The minimum Gasteiger partial charge on any atom is -0.332 e. The van der Waals surface area contributed by atoms with E-state index >= 15 is 0 Å². The van der Waals surface area contributed by atoms with Gasteiger partial charge in [-0.15, -0.1) is 5.10 Å². The van der Waals surface area contributed by atoms with Gasteiger partial charge >= 0.3 is 0 Å². The molecule has 1 heterocycles. The first-order chi connectivity index (χ1) is 12.0. The molecule has 0 saturated carbocycles. The number of nitrogens with zero attached hydrogens (tertiary/aromatic N) is 3. The molecule has 3 rings (SSSR count). The molecule has 0 unspecified atom stereocenters. The Morgan fingerprint density at radius 2 is 1.96 bits per heavy atom. The van der Waals surface area contributed by atoms with Gasteiger partial charge in [0.2, 0.25) is 5.95 Å². The van der Waals surface area contributed by atoms with Crippen molar-refractivity contribution in [1.29, 1.82) is 0 Å². The smallest absolute Gasteiger partial charge is 0.248 e. The predicted molar refractivity (Wildman–Crippen MR) is 107 cm³/mol. The van der Waals surface area contributed by atoms with Crippen molar-refractivity contribution in [3.8, 4) is 0 Å². The van der Waals surface area contributed by atoms with Gasteiger partial charge in [0, 0.05) is 15.7 Å². The SMILES string of the molecule is Cc1c(Cl)cccc1NC(=S)Nc1ncn(Cc2cccc(Cl)c2)n1. The Morgan fingerprint density at radius 3 is 2.76 bits per heavy atom. The molecule has 2 aromatic carbocycles. The largest absolute Gasteiger partial charge is 0.332 e. The van der Waals surface area contributed by atoms with Crippen LogP contribution in [0, 0.1) is 6.92 Å². The van der Waals surface area contributed by atoms with Gasteiger partial charge in [0.1, 0.15) is 6.33 Å². The van der Waals surface area contributed by atoms with Crippen molar-refractivity contribution in [2.45, 2.75) is 13.5 Å². The van der Waals surface area contributed by atoms with Gasteiger partial charge in [-0.1, -0.05) is 41.4 Å². The maximum atomic E-state index is 6.11. The Kier molecular flexibility index (Phi) is 5.53. The van der Waals surface area contributed by atoms with Crippen molar-refractivity contribution in [3.63, 3.8) is 0 Å². The summed E-state index contributed by atoms with van der Waals surface area (Å²) < 4.78 is 1.71. The molecule has 1 aromatic heterocycles. The molecule has 0 aliphatic rings. The number of hydrogen-bond donors (Lipinski definition) is 2. The van der Waals surface area contributed by atoms with Crippen LogP contribution in [0.2, 0.25) is 10.0 Å². The molecule has 5 nitrogen and oxygen atoms in total. The van der Waals surface area contributed by atoms with E-state index in [9.17, 15) is 0 Å². The highest BCUT2D eigenvalue weighted by atomic mass is 35.5. The van der Waals surface area contributed by atoms with Crippen LogP contribution in [0.1, 0.15) is 11.1 Å². The van der Waals surface area contributed by atoms with Gasteiger partial charge in [0.05, 0.1) is 6.54 Å². The summed E-state index contributed by atoms with van der Waals surface area (Å²) in [7, 11) is 0. The summed E-state index contributed by atoms with van der Waals surface area (Å²) in [5.74, 6) is 0.416. The van der Waals surface area contributed by atoms with Crippen LogP contribution in [0.5, 0.6) is 0 Å². The van der Waals surface area contributed by atoms with E-state index in [1.807, 2.05) is 49.4 Å². The second kappa shape index (κ2) is 7.82. The fourth-order valence-electron chi connectivity index (χ4n) is 2.25. The molecule has 2 N–H and O–H groups in total. The predicted octanol–water partition coefficient (Wildman–Crippen LogP) is 4.75. The third-order valence-electron chi connectivity index (χ3n) is 3.51.